The van der Waals surface area contributed by atoms with Crippen molar-refractivity contribution >= 4 is 18.1 Å². The van der Waals surface area contributed by atoms with Gasteiger partial charge in [0.05, 0.1) is 13.2 Å². The smallest absolute Gasteiger partial charge is 0.412 e. The van der Waals surface area contributed by atoms with Gasteiger partial charge < -0.3 is 19.4 Å². The van der Waals surface area contributed by atoms with Crippen molar-refractivity contribution in [1.29, 1.82) is 0 Å². The number of hydrogen-bond acceptors (Lipinski definition) is 4. The van der Waals surface area contributed by atoms with Crippen molar-refractivity contribution in [3.63, 3.8) is 0 Å². The molecule has 0 saturated heterocycles. The molecular weight excluding hydrogens is 250 g/mol. The summed E-state index contributed by atoms with van der Waals surface area (Å²) in [6.45, 7) is 3.74. The molecule has 2 rings (SSSR count). The first-order valence-electron chi connectivity index (χ1n) is 5.83. The predicted molar refractivity (Wildman–Crippen MR) is 67.4 cm³/mol. The second kappa shape index (κ2) is 4.89. The van der Waals surface area contributed by atoms with Gasteiger partial charge in [0.1, 0.15) is 12.0 Å². The van der Waals surface area contributed by atoms with Crippen LogP contribution in [0.5, 0.6) is 5.75 Å². The Morgan fingerprint density at radius 3 is 2.89 bits per heavy atom. The van der Waals surface area contributed by atoms with Crippen LogP contribution in [0.25, 0.3) is 0 Å². The van der Waals surface area contributed by atoms with E-state index in [1.54, 1.807) is 32.0 Å². The van der Waals surface area contributed by atoms with Gasteiger partial charge in [-0.2, -0.15) is 0 Å². The number of carboxylic acid groups (broad SMARTS) is 1. The fraction of sp³-hybridized carbons (Fsp3) is 0.385. The number of fused-ring (bicyclic) bond motifs is 1. The zero-order valence-electron chi connectivity index (χ0n) is 10.8. The Balaban J connectivity index is 2.31. The summed E-state index contributed by atoms with van der Waals surface area (Å²) in [6.07, 6.45) is -0.631. The van der Waals surface area contributed by atoms with Gasteiger partial charge in [-0.05, 0) is 18.2 Å². The number of ether oxygens (including phenoxy) is 2. The number of anilines is 1. The topological polar surface area (TPSA) is 76.1 Å². The van der Waals surface area contributed by atoms with Crippen molar-refractivity contribution in [3.05, 3.63) is 23.8 Å². The molecular formula is C13H15NO5. The highest BCUT2D eigenvalue weighted by Crippen LogP contribution is 2.33. The maximum absolute atomic E-state index is 11.1. The van der Waals surface area contributed by atoms with Crippen LogP contribution in [-0.4, -0.2) is 29.8 Å². The normalized spacial score (nSPS) is 16.1. The van der Waals surface area contributed by atoms with Crippen LogP contribution in [0.3, 0.4) is 0 Å². The van der Waals surface area contributed by atoms with E-state index < -0.39 is 11.9 Å². The average molecular weight is 265 g/mol. The van der Waals surface area contributed by atoms with E-state index >= 15 is 0 Å². The van der Waals surface area contributed by atoms with Gasteiger partial charge in [0.25, 0.3) is 0 Å². The summed E-state index contributed by atoms with van der Waals surface area (Å²) in [5.41, 5.74) is 1.18. The van der Waals surface area contributed by atoms with Gasteiger partial charge in [0, 0.05) is 25.1 Å². The van der Waals surface area contributed by atoms with E-state index in [2.05, 4.69) is 0 Å². The summed E-state index contributed by atoms with van der Waals surface area (Å²) in [4.78, 5) is 22.5. The van der Waals surface area contributed by atoms with Gasteiger partial charge >= 0.3 is 6.09 Å². The quantitative estimate of drug-likeness (QED) is 0.846. The number of aldehydes is 1. The minimum Gasteiger partial charge on any atom is -0.465 e. The molecule has 0 aromatic heterocycles. The van der Waals surface area contributed by atoms with E-state index in [9.17, 15) is 9.59 Å². The number of amides is 1. The van der Waals surface area contributed by atoms with Crippen LogP contribution in [0.4, 0.5) is 10.5 Å². The number of carbonyl (C=O) groups excluding carboxylic acids is 1. The first kappa shape index (κ1) is 13.4. The molecule has 1 aromatic carbocycles. The van der Waals surface area contributed by atoms with Crippen LogP contribution in [0.1, 0.15) is 19.4 Å². The molecule has 0 unspecified atom stereocenters. The van der Waals surface area contributed by atoms with Crippen LogP contribution >= 0.6 is 0 Å². The van der Waals surface area contributed by atoms with E-state index in [0.29, 0.717) is 24.3 Å². The first-order chi connectivity index (χ1) is 8.93. The van der Waals surface area contributed by atoms with Gasteiger partial charge in [-0.15, -0.1) is 0 Å². The lowest BCUT2D eigenvalue weighted by Crippen LogP contribution is -2.36. The second-order valence-corrected chi connectivity index (χ2v) is 4.64. The molecule has 6 nitrogen and oxygen atoms in total. The summed E-state index contributed by atoms with van der Waals surface area (Å²) in [5, 5.41) is 9.05. The molecule has 1 amide bonds. The predicted octanol–water partition coefficient (Wildman–Crippen LogP) is 2.01. The molecule has 0 radical (unpaired) electrons. The Hall–Kier alpha value is -2.08. The van der Waals surface area contributed by atoms with Crippen molar-refractivity contribution in [2.45, 2.75) is 26.2 Å². The van der Waals surface area contributed by atoms with E-state index in [1.165, 1.54) is 0 Å². The summed E-state index contributed by atoms with van der Waals surface area (Å²) >= 11 is 0. The molecule has 1 aliphatic heterocycles. The summed E-state index contributed by atoms with van der Waals surface area (Å²) < 4.78 is 11.1. The number of carbonyl (C=O) groups is 2. The maximum atomic E-state index is 11.1. The molecule has 1 N–H and O–H groups in total. The standard InChI is InChI=1S/C13H15NO5/c1-13(2)18-8-9-7-10(3-4-11(9)19-13)14(5-6-15)12(16)17/h3-4,6-7H,5,8H2,1-2H3,(H,16,17). The minimum absolute atomic E-state index is 0.207. The molecule has 0 bridgehead atoms. The number of nitrogens with zero attached hydrogens (tertiary/aromatic N) is 1. The van der Waals surface area contributed by atoms with Gasteiger partial charge in [-0.3, -0.25) is 4.90 Å². The largest absolute Gasteiger partial charge is 0.465 e. The number of rotatable bonds is 3. The van der Waals surface area contributed by atoms with E-state index in [4.69, 9.17) is 14.6 Å². The monoisotopic (exact) mass is 265 g/mol. The van der Waals surface area contributed by atoms with Crippen LogP contribution < -0.4 is 9.64 Å². The molecule has 19 heavy (non-hydrogen) atoms. The van der Waals surface area contributed by atoms with Gasteiger partial charge in [-0.25, -0.2) is 4.79 Å². The molecule has 0 aliphatic carbocycles. The number of hydrogen-bond donors (Lipinski definition) is 1. The highest BCUT2D eigenvalue weighted by Gasteiger charge is 2.28. The first-order valence-corrected chi connectivity index (χ1v) is 5.83. The van der Waals surface area contributed by atoms with Crippen molar-refractivity contribution in [1.82, 2.24) is 0 Å². The average Bonchev–Trinajstić information content (AvgIpc) is 2.34. The van der Waals surface area contributed by atoms with Crippen LogP contribution in [0.2, 0.25) is 0 Å². The molecule has 0 saturated carbocycles. The van der Waals surface area contributed by atoms with E-state index in [0.717, 1.165) is 10.5 Å². The van der Waals surface area contributed by atoms with Crippen molar-refractivity contribution in [3.8, 4) is 5.75 Å². The third kappa shape index (κ3) is 2.85. The zero-order chi connectivity index (χ0) is 14.0. The molecule has 102 valence electrons. The third-order valence-electron chi connectivity index (χ3n) is 2.77. The molecule has 0 spiro atoms. The van der Waals surface area contributed by atoms with Gasteiger partial charge in [-0.1, -0.05) is 0 Å². The summed E-state index contributed by atoms with van der Waals surface area (Å²) in [6, 6.07) is 4.95. The van der Waals surface area contributed by atoms with Crippen molar-refractivity contribution in [2.24, 2.45) is 0 Å². The third-order valence-corrected chi connectivity index (χ3v) is 2.77. The maximum Gasteiger partial charge on any atom is 0.412 e. The van der Waals surface area contributed by atoms with Crippen LogP contribution in [0.15, 0.2) is 18.2 Å². The van der Waals surface area contributed by atoms with Crippen molar-refractivity contribution in [2.75, 3.05) is 11.4 Å². The fourth-order valence-electron chi connectivity index (χ4n) is 1.86. The summed E-state index contributed by atoms with van der Waals surface area (Å²) in [7, 11) is 0. The Bertz CT molecular complexity index is 512. The molecule has 6 heteroatoms. The summed E-state index contributed by atoms with van der Waals surface area (Å²) in [5.74, 6) is -0.0273. The van der Waals surface area contributed by atoms with E-state index in [1.807, 2.05) is 0 Å². The highest BCUT2D eigenvalue weighted by atomic mass is 16.7. The van der Waals surface area contributed by atoms with Gasteiger partial charge in [0.15, 0.2) is 0 Å². The van der Waals surface area contributed by atoms with Crippen LogP contribution in [-0.2, 0) is 16.1 Å². The van der Waals surface area contributed by atoms with Gasteiger partial charge in [0.2, 0.25) is 5.79 Å². The fourth-order valence-corrected chi connectivity index (χ4v) is 1.86. The number of benzene rings is 1. The molecule has 1 aliphatic rings. The zero-order valence-corrected chi connectivity index (χ0v) is 10.8. The lowest BCUT2D eigenvalue weighted by Gasteiger charge is -2.33. The Kier molecular flexibility index (Phi) is 3.44. The molecule has 0 fully saturated rings. The lowest BCUT2D eigenvalue weighted by atomic mass is 10.1. The highest BCUT2D eigenvalue weighted by molar-refractivity contribution is 5.89. The van der Waals surface area contributed by atoms with E-state index in [-0.39, 0.29) is 6.54 Å². The minimum atomic E-state index is -1.18. The Labute approximate surface area is 110 Å². The molecule has 0 atom stereocenters. The SMILES string of the molecule is CC1(C)OCc2cc(N(CC=O)C(=O)O)ccc2O1. The van der Waals surface area contributed by atoms with Crippen molar-refractivity contribution < 1.29 is 24.2 Å². The molecule has 1 aromatic rings. The Morgan fingerprint density at radius 2 is 2.26 bits per heavy atom. The lowest BCUT2D eigenvalue weighted by molar-refractivity contribution is -0.180. The second-order valence-electron chi connectivity index (χ2n) is 4.64. The molecule has 1 heterocycles. The van der Waals surface area contributed by atoms with Crippen LogP contribution in [0, 0.1) is 0 Å². The Morgan fingerprint density at radius 1 is 1.53 bits per heavy atom.